The van der Waals surface area contributed by atoms with Crippen LogP contribution in [0.3, 0.4) is 0 Å². The van der Waals surface area contributed by atoms with E-state index in [-0.39, 0.29) is 5.41 Å². The molecule has 0 N–H and O–H groups in total. The van der Waals surface area contributed by atoms with E-state index in [1.807, 2.05) is 19.9 Å². The molecule has 0 saturated heterocycles. The molecule has 3 nitrogen and oxygen atoms in total. The van der Waals surface area contributed by atoms with Crippen molar-refractivity contribution in [3.05, 3.63) is 228 Å². The van der Waals surface area contributed by atoms with Crippen LogP contribution in [0.4, 0.5) is 28.4 Å². The van der Waals surface area contributed by atoms with Gasteiger partial charge in [-0.25, -0.2) is 0 Å². The molecule has 1 aliphatic carbocycles. The fourth-order valence-electron chi connectivity index (χ4n) is 9.44. The molecule has 2 aliphatic rings. The molecule has 0 spiro atoms. The number of aromatic nitrogens is 1. The maximum absolute atomic E-state index is 4.36. The first-order chi connectivity index (χ1) is 30.9. The van der Waals surface area contributed by atoms with Crippen LogP contribution >= 0.6 is 0 Å². The number of benzene rings is 6. The Bertz CT molecular complexity index is 2880. The van der Waals surface area contributed by atoms with Gasteiger partial charge in [-0.1, -0.05) is 150 Å². The smallest absolute Gasteiger partial charge is 0.0558 e. The largest absolute Gasteiger partial charge is 0.313 e. The van der Waals surface area contributed by atoms with E-state index in [4.69, 9.17) is 0 Å². The molecule has 0 amide bonds. The van der Waals surface area contributed by atoms with Crippen molar-refractivity contribution in [2.45, 2.75) is 66.7 Å². The van der Waals surface area contributed by atoms with Crippen molar-refractivity contribution in [2.24, 2.45) is 0 Å². The molecule has 0 saturated carbocycles. The van der Waals surface area contributed by atoms with Crippen LogP contribution in [0.2, 0.25) is 0 Å². The highest BCUT2D eigenvalue weighted by atomic mass is 15.2. The molecular weight excluding hydrogens is 763 g/mol. The van der Waals surface area contributed by atoms with Crippen LogP contribution < -0.4 is 9.80 Å². The normalized spacial score (nSPS) is 14.5. The van der Waals surface area contributed by atoms with Gasteiger partial charge in [-0.05, 0) is 146 Å². The van der Waals surface area contributed by atoms with E-state index in [9.17, 15) is 0 Å². The topological polar surface area (TPSA) is 11.4 Å². The third-order valence-corrected chi connectivity index (χ3v) is 12.4. The van der Waals surface area contributed by atoms with Crippen molar-refractivity contribution < 1.29 is 0 Å². The Hall–Kier alpha value is -7.10. The third-order valence-electron chi connectivity index (χ3n) is 12.4. The number of hydrogen-bond acceptors (Lipinski definition) is 2. The summed E-state index contributed by atoms with van der Waals surface area (Å²) < 4.78 is 2.51. The lowest BCUT2D eigenvalue weighted by Gasteiger charge is -2.42. The van der Waals surface area contributed by atoms with Crippen molar-refractivity contribution in [3.8, 4) is 16.8 Å². The Balaban J connectivity index is 0.00000268. The number of allylic oxidation sites excluding steroid dienone is 9. The number of para-hydroxylation sites is 1. The molecule has 0 bridgehead atoms. The summed E-state index contributed by atoms with van der Waals surface area (Å²) in [4.78, 5) is 4.77. The van der Waals surface area contributed by atoms with Gasteiger partial charge in [0, 0.05) is 56.2 Å². The molecule has 9 rings (SSSR count). The second-order valence-electron chi connectivity index (χ2n) is 16.4. The number of hydrogen-bond donors (Lipinski definition) is 0. The van der Waals surface area contributed by atoms with E-state index in [0.717, 1.165) is 47.0 Å². The summed E-state index contributed by atoms with van der Waals surface area (Å²) in [7, 11) is 0. The van der Waals surface area contributed by atoms with E-state index in [2.05, 4.69) is 244 Å². The quantitative estimate of drug-likeness (QED) is 0.127. The minimum Gasteiger partial charge on any atom is -0.313 e. The van der Waals surface area contributed by atoms with Gasteiger partial charge in [-0.15, -0.1) is 0 Å². The van der Waals surface area contributed by atoms with E-state index in [1.165, 1.54) is 61.2 Å². The van der Waals surface area contributed by atoms with Gasteiger partial charge in [0.1, 0.15) is 0 Å². The summed E-state index contributed by atoms with van der Waals surface area (Å²) in [6.07, 6.45) is 19.5. The molecule has 6 aromatic carbocycles. The first-order valence-electron chi connectivity index (χ1n) is 22.5. The van der Waals surface area contributed by atoms with Gasteiger partial charge in [0.25, 0.3) is 0 Å². The zero-order chi connectivity index (χ0) is 44.1. The molecule has 0 fully saturated rings. The highest BCUT2D eigenvalue weighted by molar-refractivity contribution is 5.98. The maximum atomic E-state index is 4.36. The van der Waals surface area contributed by atoms with Crippen molar-refractivity contribution in [1.82, 2.24) is 4.57 Å². The van der Waals surface area contributed by atoms with Crippen LogP contribution in [0.15, 0.2) is 206 Å². The Kier molecular flexibility index (Phi) is 12.5. The van der Waals surface area contributed by atoms with Crippen LogP contribution in [0, 0.1) is 0 Å². The molecule has 7 aromatic rings. The van der Waals surface area contributed by atoms with Gasteiger partial charge in [0.2, 0.25) is 0 Å². The number of nitrogens with zero attached hydrogens (tertiary/aromatic N) is 3. The first-order valence-corrected chi connectivity index (χ1v) is 22.5. The maximum Gasteiger partial charge on any atom is 0.0558 e. The molecule has 63 heavy (non-hydrogen) atoms. The van der Waals surface area contributed by atoms with Gasteiger partial charge in [-0.3, -0.25) is 0 Å². The molecule has 1 aromatic heterocycles. The highest BCUT2D eigenvalue weighted by Crippen LogP contribution is 2.51. The predicted octanol–water partition coefficient (Wildman–Crippen LogP) is 17.2. The predicted molar refractivity (Wildman–Crippen MR) is 274 cm³/mol. The van der Waals surface area contributed by atoms with Crippen molar-refractivity contribution >= 4 is 51.0 Å². The van der Waals surface area contributed by atoms with Crippen LogP contribution in [-0.4, -0.2) is 4.57 Å². The Morgan fingerprint density at radius 3 is 1.89 bits per heavy atom. The average molecular weight is 822 g/mol. The van der Waals surface area contributed by atoms with Crippen LogP contribution in [-0.2, 0) is 11.8 Å². The van der Waals surface area contributed by atoms with Crippen LogP contribution in [0.1, 0.15) is 77.3 Å². The van der Waals surface area contributed by atoms with Crippen molar-refractivity contribution in [2.75, 3.05) is 9.80 Å². The molecule has 1 aliphatic heterocycles. The molecule has 3 heteroatoms. The Labute approximate surface area is 375 Å². The van der Waals surface area contributed by atoms with Gasteiger partial charge in [0.05, 0.1) is 11.2 Å². The summed E-state index contributed by atoms with van der Waals surface area (Å²) in [6, 6.07) is 53.2. The molecule has 314 valence electrons. The molecule has 2 heterocycles. The van der Waals surface area contributed by atoms with E-state index >= 15 is 0 Å². The molecule has 0 radical (unpaired) electrons. The lowest BCUT2D eigenvalue weighted by molar-refractivity contribution is 0.622. The Morgan fingerprint density at radius 2 is 1.29 bits per heavy atom. The molecular formula is C60H59N3. The van der Waals surface area contributed by atoms with Gasteiger partial charge in [-0.2, -0.15) is 0 Å². The number of rotatable bonds is 10. The van der Waals surface area contributed by atoms with Gasteiger partial charge < -0.3 is 14.4 Å². The fourth-order valence-corrected chi connectivity index (χ4v) is 9.44. The average Bonchev–Trinajstić information content (AvgIpc) is 3.66. The van der Waals surface area contributed by atoms with E-state index in [0.29, 0.717) is 0 Å². The van der Waals surface area contributed by atoms with E-state index < -0.39 is 0 Å². The van der Waals surface area contributed by atoms with Gasteiger partial charge >= 0.3 is 0 Å². The monoisotopic (exact) mass is 821 g/mol. The van der Waals surface area contributed by atoms with Crippen LogP contribution in [0.25, 0.3) is 39.4 Å². The first kappa shape index (κ1) is 42.6. The lowest BCUT2D eigenvalue weighted by Crippen LogP contribution is -2.33. The molecule has 0 unspecified atom stereocenters. The number of anilines is 5. The highest BCUT2D eigenvalue weighted by Gasteiger charge is 2.38. The zero-order valence-corrected chi connectivity index (χ0v) is 37.9. The van der Waals surface area contributed by atoms with E-state index in [1.54, 1.807) is 0 Å². The Morgan fingerprint density at radius 1 is 0.683 bits per heavy atom. The summed E-state index contributed by atoms with van der Waals surface area (Å²) in [6.45, 7) is 19.3. The number of fused-ring (bicyclic) bond motifs is 4. The van der Waals surface area contributed by atoms with Crippen LogP contribution in [0.5, 0.6) is 0 Å². The summed E-state index contributed by atoms with van der Waals surface area (Å²) in [5.41, 5.74) is 18.9. The second kappa shape index (κ2) is 18.5. The standard InChI is InChI=1S/C58H53N3.C2H6/c1-7-19-41(9-3)43-27-31-46(32-28-43)59(47-33-29-44(30-34-47)42-21-13-11-14-22-42)48-35-37-49(38-36-48)61-55-26-18-17-25-50(55)51-39-53-57(40-56(51)61)60(45-23-15-12-16-24-45)54(10-4)52(20-8-2)58(53,5)6;1-2/h7-17,19-25,27-40H,4,18,26H2,1-3,5-6H3;1-2H3/b19-7-,20-8-,41-9+;. The second-order valence-corrected chi connectivity index (χ2v) is 16.4. The van der Waals surface area contributed by atoms with Gasteiger partial charge in [0.15, 0.2) is 0 Å². The fraction of sp³-hybridized carbons (Fsp3) is 0.167. The van der Waals surface area contributed by atoms with Crippen molar-refractivity contribution in [3.63, 3.8) is 0 Å². The summed E-state index contributed by atoms with van der Waals surface area (Å²) in [5, 5.41) is 1.29. The zero-order valence-electron chi connectivity index (χ0n) is 37.9. The minimum atomic E-state index is -0.248. The minimum absolute atomic E-state index is 0.248. The van der Waals surface area contributed by atoms with Crippen molar-refractivity contribution in [1.29, 1.82) is 0 Å². The third kappa shape index (κ3) is 7.85. The summed E-state index contributed by atoms with van der Waals surface area (Å²) >= 11 is 0. The molecule has 0 atom stereocenters. The summed E-state index contributed by atoms with van der Waals surface area (Å²) in [5.74, 6) is 0. The lowest BCUT2D eigenvalue weighted by atomic mass is 9.72. The SMILES string of the molecule is C=CC1=C(/C=C\C)C(C)(C)c2cc3c4c(n(-c5ccc(N(c6ccc(C(/C=C\C)=C/C)cc6)c6ccc(-c7ccccc7)cc6)cc5)c3cc2N1c1ccccc1)CCC=C4.CC.